The fourth-order valence-corrected chi connectivity index (χ4v) is 12.3. The maximum Gasteiger partial charge on any atom is 0.472 e. The van der Waals surface area contributed by atoms with Crippen molar-refractivity contribution in [3.63, 3.8) is 0 Å². The third kappa shape index (κ3) is 63.5. The van der Waals surface area contributed by atoms with E-state index >= 15 is 0 Å². The van der Waals surface area contributed by atoms with Crippen molar-refractivity contribution in [1.29, 1.82) is 0 Å². The van der Waals surface area contributed by atoms with Gasteiger partial charge in [0.05, 0.1) is 26.4 Å². The van der Waals surface area contributed by atoms with Crippen LogP contribution < -0.4 is 0 Å². The lowest BCUT2D eigenvalue weighted by atomic mass is 9.99. The Bertz CT molecular complexity index is 1750. The van der Waals surface area contributed by atoms with Crippen LogP contribution in [-0.4, -0.2) is 96.7 Å². The summed E-state index contributed by atoms with van der Waals surface area (Å²) in [7, 11) is -9.90. The molecular formula is C71H138O17P2. The van der Waals surface area contributed by atoms with Crippen LogP contribution in [0.25, 0.3) is 0 Å². The number of carbonyl (C=O) groups excluding carboxylic acids is 4. The Labute approximate surface area is 549 Å². The first-order valence-corrected chi connectivity index (χ1v) is 40.0. The number of carbonyl (C=O) groups is 4. The average Bonchev–Trinajstić information content (AvgIpc) is 3.66. The number of ether oxygens (including phenoxy) is 4. The molecule has 0 aromatic carbocycles. The fraction of sp³-hybridized carbons (Fsp3) is 0.944. The van der Waals surface area contributed by atoms with Crippen LogP contribution in [0.4, 0.5) is 0 Å². The Morgan fingerprint density at radius 3 is 0.844 bits per heavy atom. The summed E-state index contributed by atoms with van der Waals surface area (Å²) in [6, 6.07) is 0. The lowest BCUT2D eigenvalue weighted by molar-refractivity contribution is -0.161. The van der Waals surface area contributed by atoms with Gasteiger partial charge in [0.15, 0.2) is 12.2 Å². The molecule has 0 bridgehead atoms. The molecule has 3 unspecified atom stereocenters. The third-order valence-corrected chi connectivity index (χ3v) is 18.7. The number of phosphoric acid groups is 2. The molecule has 0 saturated carbocycles. The predicted molar refractivity (Wildman–Crippen MR) is 363 cm³/mol. The standard InChI is InChI=1S/C71H138O17P2/c1-7-10-12-14-16-18-22-31-37-43-49-55-70(75)87-66(59-81-68(73)53-47-41-35-29-19-17-15-13-11-8-2)61-85-89(77,78)83-57-65(72)58-84-90(79,80)86-62-67(60-82-69(74)54-48-42-36-30-26-25-28-34-40-46-52-64(6)9-3)88-71(76)56-50-44-38-32-24-21-20-23-27-33-39-45-51-63(4)5/h63-67,72H,7-62H2,1-6H3,(H,77,78)(H,79,80)/t64?,65-,66+,67+/m0/s1. The number of unbranched alkanes of at least 4 members (excludes halogenated alkanes) is 39. The van der Waals surface area contributed by atoms with Gasteiger partial charge in [-0.1, -0.05) is 311 Å². The molecule has 90 heavy (non-hydrogen) atoms. The van der Waals surface area contributed by atoms with Gasteiger partial charge in [0.25, 0.3) is 0 Å². The molecule has 0 amide bonds. The van der Waals surface area contributed by atoms with Gasteiger partial charge in [-0.2, -0.15) is 0 Å². The minimum atomic E-state index is -4.95. The Morgan fingerprint density at radius 1 is 0.322 bits per heavy atom. The van der Waals surface area contributed by atoms with E-state index in [9.17, 15) is 43.2 Å². The normalized spacial score (nSPS) is 14.4. The average molecular weight is 1330 g/mol. The number of rotatable bonds is 70. The van der Waals surface area contributed by atoms with Gasteiger partial charge in [0.2, 0.25) is 0 Å². The van der Waals surface area contributed by atoms with Gasteiger partial charge in [-0.05, 0) is 37.5 Å². The summed E-state index contributed by atoms with van der Waals surface area (Å²) in [5, 5.41) is 10.6. The SMILES string of the molecule is CCCCCCCCCCCCCC(=O)O[C@H](COC(=O)CCCCCCCCCCCC)COP(=O)(O)OC[C@H](O)COP(=O)(O)OC[C@@H](COC(=O)CCCCCCCCCCCCC(C)CC)OC(=O)CCCCCCCCCCCCCCC(C)C. The Morgan fingerprint density at radius 2 is 0.567 bits per heavy atom. The lowest BCUT2D eigenvalue weighted by Crippen LogP contribution is -2.30. The number of hydrogen-bond donors (Lipinski definition) is 3. The van der Waals surface area contributed by atoms with Crippen molar-refractivity contribution in [2.75, 3.05) is 39.6 Å². The molecule has 0 radical (unpaired) electrons. The Balaban J connectivity index is 5.25. The highest BCUT2D eigenvalue weighted by Crippen LogP contribution is 2.45. The highest BCUT2D eigenvalue weighted by molar-refractivity contribution is 7.47. The van der Waals surface area contributed by atoms with Crippen LogP contribution in [-0.2, 0) is 65.4 Å². The second kappa shape index (κ2) is 63.1. The molecule has 0 spiro atoms. The zero-order chi connectivity index (χ0) is 66.5. The van der Waals surface area contributed by atoms with Crippen molar-refractivity contribution in [2.24, 2.45) is 11.8 Å². The summed E-state index contributed by atoms with van der Waals surface area (Å²) in [6.07, 6.45) is 48.3. The van der Waals surface area contributed by atoms with Crippen LogP contribution in [0, 0.1) is 11.8 Å². The summed E-state index contributed by atoms with van der Waals surface area (Å²) >= 11 is 0. The van der Waals surface area contributed by atoms with E-state index in [1.54, 1.807) is 0 Å². The molecule has 0 aromatic heterocycles. The van der Waals surface area contributed by atoms with Gasteiger partial charge < -0.3 is 33.8 Å². The summed E-state index contributed by atoms with van der Waals surface area (Å²) in [4.78, 5) is 72.6. The minimum absolute atomic E-state index is 0.107. The van der Waals surface area contributed by atoms with Crippen molar-refractivity contribution in [1.82, 2.24) is 0 Å². The third-order valence-electron chi connectivity index (χ3n) is 16.8. The maximum absolute atomic E-state index is 13.0. The van der Waals surface area contributed by atoms with Crippen LogP contribution in [0.1, 0.15) is 363 Å². The Kier molecular flexibility index (Phi) is 61.8. The van der Waals surface area contributed by atoms with E-state index in [0.29, 0.717) is 25.7 Å². The number of esters is 4. The molecule has 6 atom stereocenters. The highest BCUT2D eigenvalue weighted by atomic mass is 31.2. The van der Waals surface area contributed by atoms with E-state index < -0.39 is 97.5 Å². The van der Waals surface area contributed by atoms with E-state index in [4.69, 9.17) is 37.0 Å². The molecule has 0 saturated heterocycles. The molecule has 0 aliphatic heterocycles. The molecule has 0 fully saturated rings. The number of aliphatic hydroxyl groups is 1. The molecule has 0 aromatic rings. The van der Waals surface area contributed by atoms with E-state index in [1.807, 2.05) is 0 Å². The number of aliphatic hydroxyl groups excluding tert-OH is 1. The zero-order valence-corrected chi connectivity index (χ0v) is 60.2. The van der Waals surface area contributed by atoms with Crippen molar-refractivity contribution in [3.05, 3.63) is 0 Å². The smallest absolute Gasteiger partial charge is 0.462 e. The summed E-state index contributed by atoms with van der Waals surface area (Å²) < 4.78 is 68.3. The van der Waals surface area contributed by atoms with Gasteiger partial charge in [-0.15, -0.1) is 0 Å². The molecule has 19 heteroatoms. The first-order valence-electron chi connectivity index (χ1n) is 37.0. The first kappa shape index (κ1) is 88.1. The summed E-state index contributed by atoms with van der Waals surface area (Å²) in [6.45, 7) is 9.59. The van der Waals surface area contributed by atoms with Crippen molar-refractivity contribution < 1.29 is 80.2 Å². The van der Waals surface area contributed by atoms with Crippen LogP contribution in [0.15, 0.2) is 0 Å². The molecule has 0 aliphatic carbocycles. The largest absolute Gasteiger partial charge is 0.472 e. The Hall–Kier alpha value is -1.94. The van der Waals surface area contributed by atoms with E-state index in [0.717, 1.165) is 102 Å². The first-order chi connectivity index (χ1) is 43.4. The molecule has 3 N–H and O–H groups in total. The molecule has 0 aliphatic rings. The zero-order valence-electron chi connectivity index (χ0n) is 58.4. The van der Waals surface area contributed by atoms with Crippen molar-refractivity contribution in [2.45, 2.75) is 381 Å². The van der Waals surface area contributed by atoms with Crippen molar-refractivity contribution in [3.8, 4) is 0 Å². The van der Waals surface area contributed by atoms with Crippen molar-refractivity contribution >= 4 is 39.5 Å². The van der Waals surface area contributed by atoms with E-state index in [1.165, 1.54) is 180 Å². The van der Waals surface area contributed by atoms with Crippen LogP contribution in [0.3, 0.4) is 0 Å². The summed E-state index contributed by atoms with van der Waals surface area (Å²) in [5.41, 5.74) is 0. The number of phosphoric ester groups is 2. The number of hydrogen-bond acceptors (Lipinski definition) is 15. The van der Waals surface area contributed by atoms with Crippen LogP contribution >= 0.6 is 15.6 Å². The van der Waals surface area contributed by atoms with Gasteiger partial charge in [0, 0.05) is 25.7 Å². The van der Waals surface area contributed by atoms with E-state index in [-0.39, 0.29) is 25.7 Å². The highest BCUT2D eigenvalue weighted by Gasteiger charge is 2.30. The second-order valence-corrected chi connectivity index (χ2v) is 29.3. The van der Waals surface area contributed by atoms with E-state index in [2.05, 4.69) is 41.5 Å². The molecule has 534 valence electrons. The minimum Gasteiger partial charge on any atom is -0.462 e. The maximum atomic E-state index is 13.0. The van der Waals surface area contributed by atoms with Gasteiger partial charge >= 0.3 is 39.5 Å². The van der Waals surface area contributed by atoms with Crippen LogP contribution in [0.5, 0.6) is 0 Å². The monoisotopic (exact) mass is 1320 g/mol. The lowest BCUT2D eigenvalue weighted by Gasteiger charge is -2.21. The van der Waals surface area contributed by atoms with Gasteiger partial charge in [-0.3, -0.25) is 37.3 Å². The topological polar surface area (TPSA) is 237 Å². The molecule has 0 heterocycles. The van der Waals surface area contributed by atoms with Crippen LogP contribution in [0.2, 0.25) is 0 Å². The van der Waals surface area contributed by atoms with Gasteiger partial charge in [0.1, 0.15) is 19.3 Å². The molecule has 0 rings (SSSR count). The second-order valence-electron chi connectivity index (χ2n) is 26.3. The fourth-order valence-electron chi connectivity index (χ4n) is 10.7. The predicted octanol–water partition coefficient (Wildman–Crippen LogP) is 20.4. The summed E-state index contributed by atoms with van der Waals surface area (Å²) in [5.74, 6) is -0.535. The van der Waals surface area contributed by atoms with Gasteiger partial charge in [-0.25, -0.2) is 9.13 Å². The quantitative estimate of drug-likeness (QED) is 0.0222. The molecular weight excluding hydrogens is 1190 g/mol. The molecule has 17 nitrogen and oxygen atoms in total.